The molecule has 0 atom stereocenters. The minimum Gasteiger partial charge on any atom is -0.469 e. The van der Waals surface area contributed by atoms with Gasteiger partial charge in [-0.3, -0.25) is 4.99 Å². The van der Waals surface area contributed by atoms with Crippen LogP contribution in [0, 0.1) is 5.92 Å². The molecule has 3 rings (SSSR count). The van der Waals surface area contributed by atoms with E-state index < -0.39 is 0 Å². The van der Waals surface area contributed by atoms with Crippen molar-refractivity contribution in [2.45, 2.75) is 45.1 Å². The number of hydrogen-bond acceptors (Lipinski definition) is 4. The largest absolute Gasteiger partial charge is 0.469 e. The van der Waals surface area contributed by atoms with Crippen LogP contribution in [-0.2, 0) is 11.2 Å². The Balaban J connectivity index is 0.00000261. The van der Waals surface area contributed by atoms with Crippen molar-refractivity contribution >= 4 is 36.0 Å². The number of guanidine groups is 1. The molecule has 7 nitrogen and oxygen atoms in total. The highest BCUT2D eigenvalue weighted by Crippen LogP contribution is 2.28. The summed E-state index contributed by atoms with van der Waals surface area (Å²) in [5.74, 6) is 2.60. The number of piperidine rings is 1. The maximum absolute atomic E-state index is 11.8. The Bertz CT molecular complexity index is 582. The van der Waals surface area contributed by atoms with Gasteiger partial charge in [0, 0.05) is 38.6 Å². The van der Waals surface area contributed by atoms with Crippen LogP contribution in [0.5, 0.6) is 0 Å². The number of halogens is 1. The minimum atomic E-state index is -0.204. The van der Waals surface area contributed by atoms with Gasteiger partial charge in [0.25, 0.3) is 0 Å². The number of furan rings is 1. The van der Waals surface area contributed by atoms with Gasteiger partial charge in [-0.2, -0.15) is 0 Å². The molecule has 1 amide bonds. The summed E-state index contributed by atoms with van der Waals surface area (Å²) in [7, 11) is 0. The Kier molecular flexibility index (Phi) is 9.23. The number of aliphatic imine (C=N–C) groups is 1. The van der Waals surface area contributed by atoms with E-state index in [0.29, 0.717) is 12.6 Å². The zero-order chi connectivity index (χ0) is 18.2. The highest BCUT2D eigenvalue weighted by molar-refractivity contribution is 14.0. The average Bonchev–Trinajstić information content (AvgIpc) is 3.34. The number of ether oxygens (including phenoxy) is 1. The van der Waals surface area contributed by atoms with E-state index in [1.54, 1.807) is 11.2 Å². The Morgan fingerprint density at radius 1 is 1.33 bits per heavy atom. The lowest BCUT2D eigenvalue weighted by atomic mass is 10.1. The van der Waals surface area contributed by atoms with Gasteiger partial charge >= 0.3 is 6.09 Å². The van der Waals surface area contributed by atoms with Crippen LogP contribution in [0.15, 0.2) is 27.8 Å². The zero-order valence-corrected chi connectivity index (χ0v) is 18.3. The Morgan fingerprint density at radius 2 is 2.11 bits per heavy atom. The Hall–Kier alpha value is -1.45. The molecule has 0 aromatic carbocycles. The SMILES string of the molecule is CCOC(=O)N1CCC(NC(=NCC2CC2)NCCc2ccco2)CC1.I. The molecule has 0 unspecified atom stereocenters. The fraction of sp³-hybridized carbons (Fsp3) is 0.684. The van der Waals surface area contributed by atoms with Gasteiger partial charge < -0.3 is 24.7 Å². The minimum absolute atomic E-state index is 0. The maximum Gasteiger partial charge on any atom is 0.409 e. The van der Waals surface area contributed by atoms with Crippen molar-refractivity contribution in [1.82, 2.24) is 15.5 Å². The highest BCUT2D eigenvalue weighted by atomic mass is 127. The van der Waals surface area contributed by atoms with Crippen molar-refractivity contribution in [3.05, 3.63) is 24.2 Å². The van der Waals surface area contributed by atoms with Crippen LogP contribution in [0.4, 0.5) is 4.79 Å². The highest BCUT2D eigenvalue weighted by Gasteiger charge is 2.25. The molecule has 2 fully saturated rings. The molecular weight excluding hydrogens is 459 g/mol. The third kappa shape index (κ3) is 7.59. The second-order valence-corrected chi connectivity index (χ2v) is 6.99. The van der Waals surface area contributed by atoms with Gasteiger partial charge in [-0.15, -0.1) is 24.0 Å². The summed E-state index contributed by atoms with van der Waals surface area (Å²) in [6, 6.07) is 4.23. The van der Waals surface area contributed by atoms with Gasteiger partial charge in [-0.05, 0) is 50.7 Å². The first kappa shape index (κ1) is 21.8. The molecule has 8 heteroatoms. The number of hydrogen-bond donors (Lipinski definition) is 2. The summed E-state index contributed by atoms with van der Waals surface area (Å²) in [6.45, 7) is 5.37. The summed E-state index contributed by atoms with van der Waals surface area (Å²) < 4.78 is 10.5. The van der Waals surface area contributed by atoms with Crippen LogP contribution in [0.25, 0.3) is 0 Å². The molecule has 152 valence electrons. The van der Waals surface area contributed by atoms with Crippen molar-refractivity contribution in [2.75, 3.05) is 32.8 Å². The predicted molar refractivity (Wildman–Crippen MR) is 116 cm³/mol. The first-order valence-corrected chi connectivity index (χ1v) is 9.73. The Labute approximate surface area is 178 Å². The fourth-order valence-electron chi connectivity index (χ4n) is 3.05. The summed E-state index contributed by atoms with van der Waals surface area (Å²) in [5.41, 5.74) is 0. The molecule has 1 saturated carbocycles. The average molecular weight is 490 g/mol. The smallest absolute Gasteiger partial charge is 0.409 e. The van der Waals surface area contributed by atoms with Crippen LogP contribution in [0.1, 0.15) is 38.4 Å². The summed E-state index contributed by atoms with van der Waals surface area (Å²) >= 11 is 0. The first-order valence-electron chi connectivity index (χ1n) is 9.73. The zero-order valence-electron chi connectivity index (χ0n) is 16.0. The molecule has 2 heterocycles. The fourth-order valence-corrected chi connectivity index (χ4v) is 3.05. The third-order valence-electron chi connectivity index (χ3n) is 4.81. The maximum atomic E-state index is 11.8. The van der Waals surface area contributed by atoms with Crippen molar-refractivity contribution in [1.29, 1.82) is 0 Å². The molecule has 1 saturated heterocycles. The second-order valence-electron chi connectivity index (χ2n) is 6.99. The van der Waals surface area contributed by atoms with E-state index in [4.69, 9.17) is 14.1 Å². The number of likely N-dealkylation sites (tertiary alicyclic amines) is 1. The lowest BCUT2D eigenvalue weighted by Gasteiger charge is -2.32. The molecule has 0 spiro atoms. The van der Waals surface area contributed by atoms with Crippen molar-refractivity contribution in [3.8, 4) is 0 Å². The lowest BCUT2D eigenvalue weighted by molar-refractivity contribution is 0.0963. The van der Waals surface area contributed by atoms with Crippen LogP contribution in [0.2, 0.25) is 0 Å². The number of carbonyl (C=O) groups is 1. The first-order chi connectivity index (χ1) is 12.7. The van der Waals surface area contributed by atoms with Gasteiger partial charge in [-0.25, -0.2) is 4.79 Å². The van der Waals surface area contributed by atoms with Crippen molar-refractivity contribution < 1.29 is 13.9 Å². The van der Waals surface area contributed by atoms with Crippen molar-refractivity contribution in [2.24, 2.45) is 10.9 Å². The molecule has 2 aliphatic rings. The van der Waals surface area contributed by atoms with Gasteiger partial charge in [0.1, 0.15) is 5.76 Å². The van der Waals surface area contributed by atoms with E-state index in [9.17, 15) is 4.79 Å². The van der Waals surface area contributed by atoms with Crippen molar-refractivity contribution in [3.63, 3.8) is 0 Å². The molecule has 27 heavy (non-hydrogen) atoms. The molecule has 1 aliphatic heterocycles. The van der Waals surface area contributed by atoms with E-state index in [1.807, 2.05) is 19.1 Å². The predicted octanol–water partition coefficient (Wildman–Crippen LogP) is 3.01. The van der Waals surface area contributed by atoms with Gasteiger partial charge in [0.2, 0.25) is 0 Å². The van der Waals surface area contributed by atoms with Crippen LogP contribution >= 0.6 is 24.0 Å². The number of rotatable bonds is 7. The summed E-state index contributed by atoms with van der Waals surface area (Å²) in [4.78, 5) is 18.3. The molecule has 1 aliphatic carbocycles. The Morgan fingerprint density at radius 3 is 2.74 bits per heavy atom. The van der Waals surface area contributed by atoms with E-state index in [2.05, 4.69) is 10.6 Å². The molecule has 2 N–H and O–H groups in total. The monoisotopic (exact) mass is 490 g/mol. The third-order valence-corrected chi connectivity index (χ3v) is 4.81. The molecule has 0 radical (unpaired) electrons. The lowest BCUT2D eigenvalue weighted by Crippen LogP contribution is -2.50. The van der Waals surface area contributed by atoms with Gasteiger partial charge in [-0.1, -0.05) is 0 Å². The number of nitrogens with one attached hydrogen (secondary N) is 2. The number of carbonyl (C=O) groups excluding carboxylic acids is 1. The van der Waals surface area contributed by atoms with Crippen LogP contribution < -0.4 is 10.6 Å². The standard InChI is InChI=1S/C19H30N4O3.HI/c1-2-25-19(24)23-11-8-16(9-12-23)22-18(21-14-15-5-6-15)20-10-7-17-4-3-13-26-17;/h3-4,13,15-16H,2,5-12,14H2,1H3,(H2,20,21,22);1H. The summed E-state index contributed by atoms with van der Waals surface area (Å²) in [5, 5.41) is 6.96. The van der Waals surface area contributed by atoms with Gasteiger partial charge in [0.05, 0.1) is 12.9 Å². The molecule has 1 aromatic rings. The van der Waals surface area contributed by atoms with E-state index in [-0.39, 0.29) is 30.1 Å². The molecular formula is C19H31IN4O3. The molecule has 0 bridgehead atoms. The summed E-state index contributed by atoms with van der Waals surface area (Å²) in [6.07, 6.45) is 6.72. The van der Waals surface area contributed by atoms with Crippen LogP contribution in [0.3, 0.4) is 0 Å². The van der Waals surface area contributed by atoms with E-state index in [0.717, 1.165) is 63.1 Å². The quantitative estimate of drug-likeness (QED) is 0.349. The topological polar surface area (TPSA) is 79.1 Å². The second kappa shape index (κ2) is 11.4. The van der Waals surface area contributed by atoms with E-state index >= 15 is 0 Å². The molecule has 1 aromatic heterocycles. The van der Waals surface area contributed by atoms with E-state index in [1.165, 1.54) is 12.8 Å². The normalized spacial score (nSPS) is 18.0. The number of nitrogens with zero attached hydrogens (tertiary/aromatic N) is 2. The number of amides is 1. The van der Waals surface area contributed by atoms with Crippen LogP contribution in [-0.4, -0.2) is 55.8 Å². The van der Waals surface area contributed by atoms with Gasteiger partial charge in [0.15, 0.2) is 5.96 Å².